The highest BCUT2D eigenvalue weighted by molar-refractivity contribution is 5.86. The van der Waals surface area contributed by atoms with Gasteiger partial charge in [-0.2, -0.15) is 0 Å². The maximum absolute atomic E-state index is 10.4. The van der Waals surface area contributed by atoms with Gasteiger partial charge in [0.2, 0.25) is 5.91 Å². The number of hydrogen-bond acceptors (Lipinski definition) is 2. The number of carbonyl (C=O) groups excluding carboxylic acids is 1. The Morgan fingerprint density at radius 1 is 1.07 bits per heavy atom. The monoisotopic (exact) mass is 198 g/mol. The summed E-state index contributed by atoms with van der Waals surface area (Å²) in [4.78, 5) is 10.4. The Labute approximate surface area is 86.5 Å². The standard InChI is InChI=1S/C11H22N2O/c1-2-3-4-5-6-7-8-10(12)9-11(13)14/h9H,2-8,12H2,1H3,(H2,13,14)/b10-9-. The smallest absolute Gasteiger partial charge is 0.243 e. The molecular formula is C11H22N2O. The number of amides is 1. The van der Waals surface area contributed by atoms with Crippen LogP contribution in [0.2, 0.25) is 0 Å². The lowest BCUT2D eigenvalue weighted by Gasteiger charge is -2.01. The summed E-state index contributed by atoms with van der Waals surface area (Å²) in [5.41, 5.74) is 11.1. The lowest BCUT2D eigenvalue weighted by molar-refractivity contribution is -0.113. The molecule has 0 aliphatic heterocycles. The second-order valence-electron chi connectivity index (χ2n) is 3.64. The Kier molecular flexibility index (Phi) is 7.99. The highest BCUT2D eigenvalue weighted by Gasteiger charge is 1.94. The van der Waals surface area contributed by atoms with Crippen LogP contribution in [0.4, 0.5) is 0 Å². The summed E-state index contributed by atoms with van der Waals surface area (Å²) >= 11 is 0. The molecule has 0 saturated carbocycles. The van der Waals surface area contributed by atoms with Gasteiger partial charge in [0.05, 0.1) is 0 Å². The molecule has 0 aliphatic rings. The van der Waals surface area contributed by atoms with Crippen LogP contribution in [-0.4, -0.2) is 5.91 Å². The minimum atomic E-state index is -0.450. The van der Waals surface area contributed by atoms with Crippen LogP contribution in [0.5, 0.6) is 0 Å². The molecule has 0 radical (unpaired) electrons. The van der Waals surface area contributed by atoms with Crippen molar-refractivity contribution in [3.8, 4) is 0 Å². The predicted molar refractivity (Wildman–Crippen MR) is 59.5 cm³/mol. The third kappa shape index (κ3) is 9.10. The first-order valence-corrected chi connectivity index (χ1v) is 5.42. The van der Waals surface area contributed by atoms with E-state index in [2.05, 4.69) is 6.92 Å². The van der Waals surface area contributed by atoms with E-state index in [1.807, 2.05) is 0 Å². The topological polar surface area (TPSA) is 69.1 Å². The van der Waals surface area contributed by atoms with E-state index in [4.69, 9.17) is 11.5 Å². The number of rotatable bonds is 8. The maximum Gasteiger partial charge on any atom is 0.243 e. The third-order valence-corrected chi connectivity index (χ3v) is 2.15. The average Bonchev–Trinajstić information content (AvgIpc) is 2.10. The first kappa shape index (κ1) is 13.0. The zero-order valence-electron chi connectivity index (χ0n) is 9.09. The van der Waals surface area contributed by atoms with Gasteiger partial charge in [-0.1, -0.05) is 39.0 Å². The van der Waals surface area contributed by atoms with Crippen molar-refractivity contribution < 1.29 is 4.79 Å². The molecule has 0 bridgehead atoms. The lowest BCUT2D eigenvalue weighted by Crippen LogP contribution is -2.10. The fraction of sp³-hybridized carbons (Fsp3) is 0.727. The molecule has 0 aromatic heterocycles. The van der Waals surface area contributed by atoms with Crippen LogP contribution in [0.3, 0.4) is 0 Å². The normalized spacial score (nSPS) is 11.6. The molecule has 0 saturated heterocycles. The molecule has 3 heteroatoms. The molecule has 4 N–H and O–H groups in total. The van der Waals surface area contributed by atoms with Gasteiger partial charge in [0.1, 0.15) is 0 Å². The van der Waals surface area contributed by atoms with Crippen LogP contribution in [0.15, 0.2) is 11.8 Å². The van der Waals surface area contributed by atoms with E-state index in [9.17, 15) is 4.79 Å². The summed E-state index contributed by atoms with van der Waals surface area (Å²) in [5.74, 6) is -0.450. The van der Waals surface area contributed by atoms with Gasteiger partial charge in [-0.15, -0.1) is 0 Å². The van der Waals surface area contributed by atoms with Gasteiger partial charge < -0.3 is 11.5 Å². The zero-order valence-corrected chi connectivity index (χ0v) is 9.09. The summed E-state index contributed by atoms with van der Waals surface area (Å²) in [5, 5.41) is 0. The molecule has 1 amide bonds. The Bertz CT molecular complexity index is 188. The summed E-state index contributed by atoms with van der Waals surface area (Å²) in [7, 11) is 0. The number of allylic oxidation sites excluding steroid dienone is 1. The Hall–Kier alpha value is -0.990. The number of carbonyl (C=O) groups is 1. The van der Waals surface area contributed by atoms with Crippen LogP contribution in [0.25, 0.3) is 0 Å². The van der Waals surface area contributed by atoms with Gasteiger partial charge in [0, 0.05) is 11.8 Å². The number of nitrogens with two attached hydrogens (primary N) is 2. The molecule has 0 heterocycles. The summed E-state index contributed by atoms with van der Waals surface area (Å²) in [6, 6.07) is 0. The molecule has 0 unspecified atom stereocenters. The second-order valence-corrected chi connectivity index (χ2v) is 3.64. The molecule has 0 aromatic carbocycles. The molecular weight excluding hydrogens is 176 g/mol. The van der Waals surface area contributed by atoms with Crippen molar-refractivity contribution in [1.82, 2.24) is 0 Å². The van der Waals surface area contributed by atoms with Crippen LogP contribution < -0.4 is 11.5 Å². The Balaban J connectivity index is 3.31. The van der Waals surface area contributed by atoms with Gasteiger partial charge in [-0.25, -0.2) is 0 Å². The van der Waals surface area contributed by atoms with Crippen LogP contribution >= 0.6 is 0 Å². The molecule has 0 aromatic rings. The number of hydrogen-bond donors (Lipinski definition) is 2. The van der Waals surface area contributed by atoms with E-state index in [1.54, 1.807) is 0 Å². The van der Waals surface area contributed by atoms with Crippen molar-refractivity contribution in [2.45, 2.75) is 51.9 Å². The molecule has 14 heavy (non-hydrogen) atoms. The molecule has 0 spiro atoms. The van der Waals surface area contributed by atoms with Gasteiger partial charge in [-0.3, -0.25) is 4.79 Å². The van der Waals surface area contributed by atoms with Gasteiger partial charge >= 0.3 is 0 Å². The van der Waals surface area contributed by atoms with E-state index in [-0.39, 0.29) is 0 Å². The van der Waals surface area contributed by atoms with E-state index >= 15 is 0 Å². The third-order valence-electron chi connectivity index (χ3n) is 2.15. The molecule has 3 nitrogen and oxygen atoms in total. The molecule has 0 rings (SSSR count). The van der Waals surface area contributed by atoms with E-state index in [0.717, 1.165) is 12.8 Å². The Morgan fingerprint density at radius 2 is 1.64 bits per heavy atom. The quantitative estimate of drug-likeness (QED) is 0.463. The average molecular weight is 198 g/mol. The fourth-order valence-electron chi connectivity index (χ4n) is 1.36. The molecule has 0 aliphatic carbocycles. The maximum atomic E-state index is 10.4. The minimum Gasteiger partial charge on any atom is -0.402 e. The lowest BCUT2D eigenvalue weighted by atomic mass is 10.1. The molecule has 0 fully saturated rings. The van der Waals surface area contributed by atoms with Crippen LogP contribution in [0.1, 0.15) is 51.9 Å². The summed E-state index contributed by atoms with van der Waals surface area (Å²) in [6.07, 6.45) is 9.48. The summed E-state index contributed by atoms with van der Waals surface area (Å²) < 4.78 is 0. The van der Waals surface area contributed by atoms with Crippen molar-refractivity contribution in [3.05, 3.63) is 11.8 Å². The highest BCUT2D eigenvalue weighted by atomic mass is 16.1. The molecule has 82 valence electrons. The first-order chi connectivity index (χ1) is 6.66. The molecule has 0 atom stereocenters. The van der Waals surface area contributed by atoms with Gasteiger partial charge in [0.15, 0.2) is 0 Å². The minimum absolute atomic E-state index is 0.450. The van der Waals surface area contributed by atoms with Crippen molar-refractivity contribution >= 4 is 5.91 Å². The van der Waals surface area contributed by atoms with E-state index in [0.29, 0.717) is 5.70 Å². The van der Waals surface area contributed by atoms with E-state index < -0.39 is 5.91 Å². The van der Waals surface area contributed by atoms with Crippen molar-refractivity contribution in [2.75, 3.05) is 0 Å². The predicted octanol–water partition coefficient (Wildman–Crippen LogP) is 2.06. The second kappa shape index (κ2) is 8.60. The van der Waals surface area contributed by atoms with Crippen LogP contribution in [-0.2, 0) is 4.79 Å². The van der Waals surface area contributed by atoms with E-state index in [1.165, 1.54) is 38.2 Å². The number of primary amides is 1. The zero-order chi connectivity index (χ0) is 10.8. The SMILES string of the molecule is CCCCCCCC/C(N)=C/C(N)=O. The highest BCUT2D eigenvalue weighted by Crippen LogP contribution is 2.08. The fourth-order valence-corrected chi connectivity index (χ4v) is 1.36. The first-order valence-electron chi connectivity index (χ1n) is 5.42. The van der Waals surface area contributed by atoms with Crippen molar-refractivity contribution in [1.29, 1.82) is 0 Å². The van der Waals surface area contributed by atoms with Gasteiger partial charge in [0.25, 0.3) is 0 Å². The van der Waals surface area contributed by atoms with Crippen LogP contribution in [0, 0.1) is 0 Å². The number of unbranched alkanes of at least 4 members (excludes halogenated alkanes) is 5. The largest absolute Gasteiger partial charge is 0.402 e. The van der Waals surface area contributed by atoms with Gasteiger partial charge in [-0.05, 0) is 12.8 Å². The summed E-state index contributed by atoms with van der Waals surface area (Å²) in [6.45, 7) is 2.20. The van der Waals surface area contributed by atoms with Crippen molar-refractivity contribution in [2.24, 2.45) is 11.5 Å². The Morgan fingerprint density at radius 3 is 2.21 bits per heavy atom. The van der Waals surface area contributed by atoms with Crippen molar-refractivity contribution in [3.63, 3.8) is 0 Å².